The Balaban J connectivity index is 0.00000231. The van der Waals surface area contributed by atoms with Crippen LogP contribution in [0.5, 0.6) is 0 Å². The number of nitrogens with one attached hydrogen (secondary N) is 2. The Bertz CT molecular complexity index is 1470. The Morgan fingerprint density at radius 1 is 1.17 bits per heavy atom. The lowest BCUT2D eigenvalue weighted by Gasteiger charge is -2.34. The molecule has 0 radical (unpaired) electrons. The van der Waals surface area contributed by atoms with Crippen molar-refractivity contribution in [1.29, 1.82) is 0 Å². The van der Waals surface area contributed by atoms with E-state index in [0.717, 1.165) is 49.0 Å². The number of amides is 1. The Kier molecular flexibility index (Phi) is 11.0. The van der Waals surface area contributed by atoms with Crippen molar-refractivity contribution < 1.29 is 14.3 Å². The van der Waals surface area contributed by atoms with Crippen LogP contribution in [0, 0.1) is 18.2 Å². The van der Waals surface area contributed by atoms with Gasteiger partial charge < -0.3 is 20.3 Å². The Hall–Kier alpha value is -2.11. The normalized spacial score (nSPS) is 17.6. The zero-order valence-corrected chi connectivity index (χ0v) is 27.6. The molecule has 1 saturated carbocycles. The second-order valence-electron chi connectivity index (χ2n) is 12.1. The molecule has 1 saturated heterocycles. The molecule has 7 nitrogen and oxygen atoms in total. The van der Waals surface area contributed by atoms with Crippen LogP contribution in [0.2, 0.25) is 0 Å². The van der Waals surface area contributed by atoms with Crippen LogP contribution < -0.4 is 16.2 Å². The Labute approximate surface area is 262 Å². The first kappa shape index (κ1) is 33.4. The number of hydrogen-bond acceptors (Lipinski definition) is 5. The Morgan fingerprint density at radius 2 is 1.90 bits per heavy atom. The van der Waals surface area contributed by atoms with Gasteiger partial charge in [-0.1, -0.05) is 19.9 Å². The van der Waals surface area contributed by atoms with Crippen molar-refractivity contribution >= 4 is 50.6 Å². The lowest BCUT2D eigenvalue weighted by Crippen LogP contribution is -2.49. The number of hydrogen-bond donors (Lipinski definition) is 3. The SMILES string of the molecule is Br.Br.Cc1c(F)cc(C(=O)NC2CC2)cc1-c1ccc2c(=O)n(CC(C)(C)CO)cc(CN3CCNC[C@H]3C)c2c1. The predicted molar refractivity (Wildman–Crippen MR) is 173 cm³/mol. The van der Waals surface area contributed by atoms with E-state index in [4.69, 9.17) is 0 Å². The molecule has 224 valence electrons. The number of benzene rings is 2. The standard InChI is InChI=1S/C31H39FN4O3.2BrH/c1-19-14-33-9-10-35(19)15-23-16-36(17-31(3,4)18-37)30(39)25-8-5-21(11-27(23)25)26-12-22(13-28(32)20(26)2)29(38)34-24-6-7-24;;/h5,8,11-13,16,19,24,33,37H,6-7,9-10,14-15,17-18H2,1-4H3,(H,34,38);2*1H/t19-;;/m1../s1. The molecule has 3 N–H and O–H groups in total. The van der Waals surface area contributed by atoms with Gasteiger partial charge in [0.05, 0.1) is 0 Å². The van der Waals surface area contributed by atoms with Crippen LogP contribution in [-0.2, 0) is 13.1 Å². The molecule has 0 spiro atoms. The maximum Gasteiger partial charge on any atom is 0.258 e. The summed E-state index contributed by atoms with van der Waals surface area (Å²) in [4.78, 5) is 28.7. The van der Waals surface area contributed by atoms with Crippen LogP contribution in [0.3, 0.4) is 0 Å². The highest BCUT2D eigenvalue weighted by Gasteiger charge is 2.26. The van der Waals surface area contributed by atoms with Crippen LogP contribution >= 0.6 is 34.0 Å². The van der Waals surface area contributed by atoms with E-state index in [2.05, 4.69) is 22.5 Å². The van der Waals surface area contributed by atoms with Gasteiger partial charge in [-0.05, 0) is 78.6 Å². The van der Waals surface area contributed by atoms with E-state index in [0.29, 0.717) is 41.2 Å². The van der Waals surface area contributed by atoms with Crippen LogP contribution in [0.25, 0.3) is 21.9 Å². The van der Waals surface area contributed by atoms with Gasteiger partial charge in [-0.25, -0.2) is 4.39 Å². The van der Waals surface area contributed by atoms with Crippen molar-refractivity contribution in [3.63, 3.8) is 0 Å². The first-order chi connectivity index (χ1) is 18.6. The number of carbonyl (C=O) groups is 1. The molecule has 2 fully saturated rings. The molecule has 2 aromatic carbocycles. The quantitative estimate of drug-likeness (QED) is 0.310. The number of pyridine rings is 1. The minimum atomic E-state index is -0.451. The highest BCUT2D eigenvalue weighted by atomic mass is 79.9. The van der Waals surface area contributed by atoms with Gasteiger partial charge in [0.25, 0.3) is 11.5 Å². The molecule has 3 aromatic rings. The maximum absolute atomic E-state index is 15.0. The summed E-state index contributed by atoms with van der Waals surface area (Å²) in [5, 5.41) is 17.6. The van der Waals surface area contributed by atoms with Crippen molar-refractivity contribution in [2.24, 2.45) is 5.41 Å². The number of aliphatic hydroxyl groups excluding tert-OH is 1. The van der Waals surface area contributed by atoms with Crippen molar-refractivity contribution in [2.75, 3.05) is 26.2 Å². The summed E-state index contributed by atoms with van der Waals surface area (Å²) in [5.41, 5.74) is 2.62. The summed E-state index contributed by atoms with van der Waals surface area (Å²) in [7, 11) is 0. The largest absolute Gasteiger partial charge is 0.396 e. The highest BCUT2D eigenvalue weighted by molar-refractivity contribution is 8.93. The third-order valence-corrected chi connectivity index (χ3v) is 8.04. The molecule has 10 heteroatoms. The molecule has 2 heterocycles. The lowest BCUT2D eigenvalue weighted by atomic mass is 9.93. The number of aliphatic hydroxyl groups is 1. The van der Waals surface area contributed by atoms with E-state index >= 15 is 4.39 Å². The number of fused-ring (bicyclic) bond motifs is 1. The number of piperazine rings is 1. The third-order valence-electron chi connectivity index (χ3n) is 8.04. The topological polar surface area (TPSA) is 86.6 Å². The van der Waals surface area contributed by atoms with Gasteiger partial charge in [0, 0.05) is 74.0 Å². The number of aromatic nitrogens is 1. The summed E-state index contributed by atoms with van der Waals surface area (Å²) in [6, 6.07) is 9.19. The van der Waals surface area contributed by atoms with Crippen molar-refractivity contribution in [2.45, 2.75) is 65.7 Å². The van der Waals surface area contributed by atoms with Crippen molar-refractivity contribution in [3.8, 4) is 11.1 Å². The van der Waals surface area contributed by atoms with Gasteiger partial charge in [0.15, 0.2) is 0 Å². The van der Waals surface area contributed by atoms with Crippen LogP contribution in [0.1, 0.15) is 55.1 Å². The molecule has 1 amide bonds. The highest BCUT2D eigenvalue weighted by Crippen LogP contribution is 2.31. The number of nitrogens with zero attached hydrogens (tertiary/aromatic N) is 2. The van der Waals surface area contributed by atoms with E-state index in [-0.39, 0.29) is 58.1 Å². The fourth-order valence-electron chi connectivity index (χ4n) is 5.33. The molecule has 41 heavy (non-hydrogen) atoms. The summed E-state index contributed by atoms with van der Waals surface area (Å²) >= 11 is 0. The first-order valence-electron chi connectivity index (χ1n) is 13.9. The fourth-order valence-corrected chi connectivity index (χ4v) is 5.33. The van der Waals surface area contributed by atoms with Gasteiger partial charge >= 0.3 is 0 Å². The molecule has 5 rings (SSSR count). The second kappa shape index (κ2) is 13.5. The molecule has 1 aliphatic carbocycles. The minimum Gasteiger partial charge on any atom is -0.396 e. The average Bonchev–Trinajstić information content (AvgIpc) is 3.73. The average molecular weight is 696 g/mol. The third kappa shape index (κ3) is 7.46. The first-order valence-corrected chi connectivity index (χ1v) is 13.9. The fraction of sp³-hybridized carbons (Fsp3) is 0.484. The second-order valence-corrected chi connectivity index (χ2v) is 12.1. The van der Waals surface area contributed by atoms with E-state index < -0.39 is 11.2 Å². The Morgan fingerprint density at radius 3 is 2.56 bits per heavy atom. The molecule has 1 atom stereocenters. The zero-order valence-electron chi connectivity index (χ0n) is 24.1. The van der Waals surface area contributed by atoms with Crippen molar-refractivity contribution in [1.82, 2.24) is 20.1 Å². The van der Waals surface area contributed by atoms with Gasteiger partial charge in [-0.15, -0.1) is 34.0 Å². The van der Waals surface area contributed by atoms with E-state index in [1.54, 1.807) is 17.6 Å². The van der Waals surface area contributed by atoms with Crippen LogP contribution in [0.4, 0.5) is 4.39 Å². The monoisotopic (exact) mass is 694 g/mol. The summed E-state index contributed by atoms with van der Waals surface area (Å²) in [6.07, 6.45) is 3.84. The van der Waals surface area contributed by atoms with Crippen LogP contribution in [-0.4, -0.2) is 58.8 Å². The van der Waals surface area contributed by atoms with E-state index in [1.807, 2.05) is 38.2 Å². The summed E-state index contributed by atoms with van der Waals surface area (Å²) in [6.45, 7) is 11.5. The molecule has 1 aliphatic heterocycles. The maximum atomic E-state index is 15.0. The molecule has 0 bridgehead atoms. The molecular formula is C31H41Br2FN4O3. The minimum absolute atomic E-state index is 0. The van der Waals surface area contributed by atoms with E-state index in [9.17, 15) is 14.7 Å². The van der Waals surface area contributed by atoms with Gasteiger partial charge in [0.1, 0.15) is 5.82 Å². The molecular weight excluding hydrogens is 655 g/mol. The van der Waals surface area contributed by atoms with Gasteiger partial charge in [-0.2, -0.15) is 0 Å². The number of carbonyl (C=O) groups excluding carboxylic acids is 1. The van der Waals surface area contributed by atoms with Gasteiger partial charge in [-0.3, -0.25) is 14.5 Å². The van der Waals surface area contributed by atoms with Crippen LogP contribution in [0.15, 0.2) is 41.3 Å². The smallest absolute Gasteiger partial charge is 0.258 e. The molecule has 1 aromatic heterocycles. The van der Waals surface area contributed by atoms with Crippen molar-refractivity contribution in [3.05, 3.63) is 69.4 Å². The zero-order chi connectivity index (χ0) is 27.9. The van der Waals surface area contributed by atoms with E-state index in [1.165, 1.54) is 6.07 Å². The summed E-state index contributed by atoms with van der Waals surface area (Å²) < 4.78 is 16.7. The molecule has 0 unspecified atom stereocenters. The predicted octanol–water partition coefficient (Wildman–Crippen LogP) is 4.98. The lowest BCUT2D eigenvalue weighted by molar-refractivity contribution is 0.0950. The summed E-state index contributed by atoms with van der Waals surface area (Å²) in [5.74, 6) is -0.689. The number of halogens is 3. The van der Waals surface area contributed by atoms with Gasteiger partial charge in [0.2, 0.25) is 0 Å². The molecule has 2 aliphatic rings. The number of rotatable bonds is 8.